The zero-order chi connectivity index (χ0) is 12.3. The van der Waals surface area contributed by atoms with Crippen molar-refractivity contribution in [1.82, 2.24) is 9.78 Å². The fourth-order valence-corrected chi connectivity index (χ4v) is 3.29. The van der Waals surface area contributed by atoms with Gasteiger partial charge >= 0.3 is 0 Å². The molecule has 2 N–H and O–H groups in total. The van der Waals surface area contributed by atoms with Crippen LogP contribution >= 0.6 is 0 Å². The maximum absolute atomic E-state index is 11.3. The van der Waals surface area contributed by atoms with Crippen molar-refractivity contribution in [2.75, 3.05) is 18.1 Å². The van der Waals surface area contributed by atoms with Gasteiger partial charge < -0.3 is 10.5 Å². The Morgan fingerprint density at radius 1 is 1.47 bits per heavy atom. The molecule has 0 aliphatic carbocycles. The number of hydrogen-bond donors (Lipinski definition) is 1. The predicted molar refractivity (Wildman–Crippen MR) is 63.6 cm³/mol. The van der Waals surface area contributed by atoms with Crippen LogP contribution in [0.3, 0.4) is 0 Å². The quantitative estimate of drug-likeness (QED) is 0.809. The molecular formula is C10H17N3O3S. The molecule has 1 aromatic heterocycles. The van der Waals surface area contributed by atoms with E-state index in [4.69, 9.17) is 10.5 Å². The molecule has 2 rings (SSSR count). The van der Waals surface area contributed by atoms with Crippen molar-refractivity contribution in [3.05, 3.63) is 12.4 Å². The van der Waals surface area contributed by atoms with E-state index in [0.717, 1.165) is 0 Å². The molecule has 1 saturated heterocycles. The maximum atomic E-state index is 11.3. The van der Waals surface area contributed by atoms with Crippen molar-refractivity contribution in [3.8, 4) is 5.75 Å². The Bertz CT molecular complexity index is 455. The van der Waals surface area contributed by atoms with Gasteiger partial charge in [0.25, 0.3) is 0 Å². The second-order valence-corrected chi connectivity index (χ2v) is 6.50. The minimum atomic E-state index is -2.83. The summed E-state index contributed by atoms with van der Waals surface area (Å²) in [6.45, 7) is 1.19. The highest BCUT2D eigenvalue weighted by atomic mass is 32.2. The van der Waals surface area contributed by atoms with E-state index in [2.05, 4.69) is 5.10 Å². The Hall–Kier alpha value is -1.08. The molecule has 0 radical (unpaired) electrons. The third-order valence-corrected chi connectivity index (χ3v) is 4.49. The first-order valence-electron chi connectivity index (χ1n) is 5.69. The monoisotopic (exact) mass is 259 g/mol. The van der Waals surface area contributed by atoms with Gasteiger partial charge in [0.05, 0.1) is 30.4 Å². The van der Waals surface area contributed by atoms with Crippen molar-refractivity contribution in [2.24, 2.45) is 5.73 Å². The summed E-state index contributed by atoms with van der Waals surface area (Å²) in [4.78, 5) is 0. The van der Waals surface area contributed by atoms with E-state index in [0.29, 0.717) is 31.7 Å². The molecule has 0 amide bonds. The summed E-state index contributed by atoms with van der Waals surface area (Å²) < 4.78 is 29.9. The number of aromatic nitrogens is 2. The van der Waals surface area contributed by atoms with Gasteiger partial charge in [-0.1, -0.05) is 0 Å². The van der Waals surface area contributed by atoms with E-state index < -0.39 is 9.84 Å². The van der Waals surface area contributed by atoms with Crippen LogP contribution in [-0.2, 0) is 16.4 Å². The first-order chi connectivity index (χ1) is 8.09. The number of hydrogen-bond acceptors (Lipinski definition) is 5. The Kier molecular flexibility index (Phi) is 3.68. The van der Waals surface area contributed by atoms with Gasteiger partial charge in [-0.15, -0.1) is 0 Å². The molecule has 2 heterocycles. The number of sulfone groups is 1. The van der Waals surface area contributed by atoms with Crippen LogP contribution in [0.25, 0.3) is 0 Å². The molecule has 7 heteroatoms. The Labute approximate surface area is 101 Å². The molecule has 17 heavy (non-hydrogen) atoms. The third kappa shape index (κ3) is 3.44. The lowest BCUT2D eigenvalue weighted by atomic mass is 10.2. The van der Waals surface area contributed by atoms with Gasteiger partial charge in [-0.2, -0.15) is 5.10 Å². The molecule has 0 saturated carbocycles. The average Bonchev–Trinajstić information content (AvgIpc) is 2.70. The van der Waals surface area contributed by atoms with Crippen LogP contribution in [0.5, 0.6) is 5.75 Å². The van der Waals surface area contributed by atoms with Gasteiger partial charge in [0.1, 0.15) is 6.10 Å². The van der Waals surface area contributed by atoms with Gasteiger partial charge in [-0.05, 0) is 12.8 Å². The van der Waals surface area contributed by atoms with Gasteiger partial charge in [0.2, 0.25) is 0 Å². The first-order valence-corrected chi connectivity index (χ1v) is 7.51. The fourth-order valence-electron chi connectivity index (χ4n) is 1.84. The van der Waals surface area contributed by atoms with Crippen LogP contribution in [0.1, 0.15) is 12.8 Å². The molecule has 96 valence electrons. The SMILES string of the molecule is NCCn1cc(OC2CCS(=O)(=O)CC2)cn1. The lowest BCUT2D eigenvalue weighted by molar-refractivity contribution is 0.189. The highest BCUT2D eigenvalue weighted by molar-refractivity contribution is 7.91. The van der Waals surface area contributed by atoms with E-state index in [1.807, 2.05) is 0 Å². The standard InChI is InChI=1S/C10H17N3O3S/c11-3-4-13-8-10(7-12-13)16-9-1-5-17(14,15)6-2-9/h7-9H,1-6,11H2. The molecular weight excluding hydrogens is 242 g/mol. The van der Waals surface area contributed by atoms with Crippen LogP contribution in [0.2, 0.25) is 0 Å². The van der Waals surface area contributed by atoms with Crippen molar-refractivity contribution in [2.45, 2.75) is 25.5 Å². The van der Waals surface area contributed by atoms with Crippen LogP contribution in [0, 0.1) is 0 Å². The van der Waals surface area contributed by atoms with E-state index in [1.165, 1.54) is 0 Å². The molecule has 1 aliphatic heterocycles. The summed E-state index contributed by atoms with van der Waals surface area (Å²) in [5.41, 5.74) is 5.42. The molecule has 1 aliphatic rings. The normalized spacial score (nSPS) is 20.3. The number of rotatable bonds is 4. The van der Waals surface area contributed by atoms with Gasteiger partial charge in [-0.3, -0.25) is 4.68 Å². The molecule has 0 bridgehead atoms. The molecule has 0 atom stereocenters. The Morgan fingerprint density at radius 3 is 2.82 bits per heavy atom. The van der Waals surface area contributed by atoms with Crippen molar-refractivity contribution >= 4 is 9.84 Å². The van der Waals surface area contributed by atoms with Gasteiger partial charge in [0, 0.05) is 6.54 Å². The van der Waals surface area contributed by atoms with Crippen molar-refractivity contribution < 1.29 is 13.2 Å². The summed E-state index contributed by atoms with van der Waals surface area (Å²) in [6.07, 6.45) is 4.53. The maximum Gasteiger partial charge on any atom is 0.157 e. The average molecular weight is 259 g/mol. The lowest BCUT2D eigenvalue weighted by Crippen LogP contribution is -2.30. The number of nitrogens with two attached hydrogens (primary N) is 1. The molecule has 1 aromatic rings. The summed E-state index contributed by atoms with van der Waals surface area (Å²) in [5.74, 6) is 1.12. The number of ether oxygens (including phenoxy) is 1. The summed E-state index contributed by atoms with van der Waals surface area (Å²) in [5, 5.41) is 4.09. The zero-order valence-electron chi connectivity index (χ0n) is 9.58. The van der Waals surface area contributed by atoms with Crippen LogP contribution in [0.15, 0.2) is 12.4 Å². The lowest BCUT2D eigenvalue weighted by Gasteiger charge is -2.22. The van der Waals surface area contributed by atoms with E-state index in [9.17, 15) is 8.42 Å². The Balaban J connectivity index is 1.88. The minimum absolute atomic E-state index is 0.0194. The highest BCUT2D eigenvalue weighted by Crippen LogP contribution is 2.19. The third-order valence-electron chi connectivity index (χ3n) is 2.77. The van der Waals surface area contributed by atoms with Gasteiger partial charge in [-0.25, -0.2) is 8.42 Å². The highest BCUT2D eigenvalue weighted by Gasteiger charge is 2.24. The van der Waals surface area contributed by atoms with E-state index >= 15 is 0 Å². The second-order valence-electron chi connectivity index (χ2n) is 4.20. The largest absolute Gasteiger partial charge is 0.487 e. The topological polar surface area (TPSA) is 87.2 Å². The van der Waals surface area contributed by atoms with Gasteiger partial charge in [0.15, 0.2) is 15.6 Å². The first kappa shape index (κ1) is 12.4. The smallest absolute Gasteiger partial charge is 0.157 e. The van der Waals surface area contributed by atoms with E-state index in [1.54, 1.807) is 17.1 Å². The summed E-state index contributed by atoms with van der Waals surface area (Å²) in [7, 11) is -2.83. The number of nitrogens with zero attached hydrogens (tertiary/aromatic N) is 2. The minimum Gasteiger partial charge on any atom is -0.487 e. The molecule has 0 unspecified atom stereocenters. The fraction of sp³-hybridized carbons (Fsp3) is 0.700. The molecule has 0 aromatic carbocycles. The summed E-state index contributed by atoms with van der Waals surface area (Å²) >= 11 is 0. The molecule has 1 fully saturated rings. The molecule has 6 nitrogen and oxygen atoms in total. The van der Waals surface area contributed by atoms with Crippen LogP contribution in [-0.4, -0.2) is 42.4 Å². The van der Waals surface area contributed by atoms with E-state index in [-0.39, 0.29) is 17.6 Å². The zero-order valence-corrected chi connectivity index (χ0v) is 10.4. The molecule has 0 spiro atoms. The predicted octanol–water partition coefficient (Wildman–Crippen LogP) is -0.202. The summed E-state index contributed by atoms with van der Waals surface area (Å²) in [6, 6.07) is 0. The van der Waals surface area contributed by atoms with Crippen LogP contribution in [0.4, 0.5) is 0 Å². The Morgan fingerprint density at radius 2 is 2.18 bits per heavy atom. The van der Waals surface area contributed by atoms with Crippen molar-refractivity contribution in [1.29, 1.82) is 0 Å². The van der Waals surface area contributed by atoms with Crippen LogP contribution < -0.4 is 10.5 Å². The van der Waals surface area contributed by atoms with Crippen molar-refractivity contribution in [3.63, 3.8) is 0 Å². The second kappa shape index (κ2) is 5.05.